The van der Waals surface area contributed by atoms with Gasteiger partial charge in [-0.15, -0.1) is 0 Å². The van der Waals surface area contributed by atoms with Gasteiger partial charge in [-0.3, -0.25) is 0 Å². The Morgan fingerprint density at radius 2 is 1.74 bits per heavy atom. The highest BCUT2D eigenvalue weighted by Crippen LogP contribution is 2.28. The van der Waals surface area contributed by atoms with E-state index < -0.39 is 17.2 Å². The number of hydrogen-bond donors (Lipinski definition) is 2. The minimum Gasteiger partial charge on any atom is -0.394 e. The Balaban J connectivity index is 2.40. The quantitative estimate of drug-likeness (QED) is 0.887. The van der Waals surface area contributed by atoms with Crippen LogP contribution in [0.3, 0.4) is 0 Å². The average molecular weight is 263 g/mol. The highest BCUT2D eigenvalue weighted by Gasteiger charge is 2.30. The Hall–Kier alpha value is -1.94. The maximum atomic E-state index is 13.9. The molecule has 2 N–H and O–H groups in total. The van der Waals surface area contributed by atoms with Gasteiger partial charge in [0.2, 0.25) is 0 Å². The number of rotatable bonds is 4. The Bertz CT molecular complexity index is 559. The van der Waals surface area contributed by atoms with Gasteiger partial charge < -0.3 is 10.4 Å². The van der Waals surface area contributed by atoms with Crippen LogP contribution < -0.4 is 5.32 Å². The van der Waals surface area contributed by atoms with Gasteiger partial charge in [-0.1, -0.05) is 30.3 Å². The second-order valence-electron chi connectivity index (χ2n) is 4.58. The second-order valence-corrected chi connectivity index (χ2v) is 4.58. The van der Waals surface area contributed by atoms with Gasteiger partial charge in [0.15, 0.2) is 11.6 Å². The fraction of sp³-hybridized carbons (Fsp3) is 0.200. The summed E-state index contributed by atoms with van der Waals surface area (Å²) in [6, 6.07) is 13.0. The normalized spacial score (nSPS) is 13.9. The summed E-state index contributed by atoms with van der Waals surface area (Å²) < 4.78 is 27.2. The molecule has 0 heterocycles. The van der Waals surface area contributed by atoms with Crippen LogP contribution in [0.15, 0.2) is 48.5 Å². The Kier molecular flexibility index (Phi) is 3.81. The van der Waals surface area contributed by atoms with Gasteiger partial charge in [0, 0.05) is 11.3 Å². The molecule has 2 rings (SSSR count). The van der Waals surface area contributed by atoms with Crippen molar-refractivity contribution in [3.8, 4) is 0 Å². The van der Waals surface area contributed by atoms with Crippen molar-refractivity contribution >= 4 is 5.69 Å². The maximum Gasteiger partial charge on any atom is 0.164 e. The van der Waals surface area contributed by atoms with E-state index in [0.717, 1.165) is 11.8 Å². The summed E-state index contributed by atoms with van der Waals surface area (Å²) in [5.74, 6) is -1.87. The molecule has 19 heavy (non-hydrogen) atoms. The SMILES string of the molecule is CC(CO)(Nc1ccccc1)c1cccc(F)c1F. The summed E-state index contributed by atoms with van der Waals surface area (Å²) in [5, 5.41) is 12.6. The van der Waals surface area contributed by atoms with Gasteiger partial charge in [-0.25, -0.2) is 8.78 Å². The summed E-state index contributed by atoms with van der Waals surface area (Å²) in [7, 11) is 0. The monoisotopic (exact) mass is 263 g/mol. The third-order valence-electron chi connectivity index (χ3n) is 3.06. The number of hydrogen-bond acceptors (Lipinski definition) is 2. The minimum absolute atomic E-state index is 0.0962. The maximum absolute atomic E-state index is 13.9. The molecule has 0 aliphatic carbocycles. The second kappa shape index (κ2) is 5.36. The molecule has 1 unspecified atom stereocenters. The van der Waals surface area contributed by atoms with E-state index in [1.807, 2.05) is 18.2 Å². The first-order valence-corrected chi connectivity index (χ1v) is 5.95. The molecular weight excluding hydrogens is 248 g/mol. The van der Waals surface area contributed by atoms with Crippen LogP contribution in [0.1, 0.15) is 12.5 Å². The van der Waals surface area contributed by atoms with E-state index in [1.165, 1.54) is 12.1 Å². The van der Waals surface area contributed by atoms with Gasteiger partial charge in [-0.2, -0.15) is 0 Å². The predicted octanol–water partition coefficient (Wildman–Crippen LogP) is 3.28. The van der Waals surface area contributed by atoms with Crippen molar-refractivity contribution in [2.45, 2.75) is 12.5 Å². The molecule has 0 aliphatic rings. The standard InChI is InChI=1S/C15H15F2NO/c1-15(10-19,18-11-6-3-2-4-7-11)12-8-5-9-13(16)14(12)17/h2-9,18-19H,10H2,1H3. The summed E-state index contributed by atoms with van der Waals surface area (Å²) in [5.41, 5.74) is -0.269. The molecule has 0 saturated carbocycles. The highest BCUT2D eigenvalue weighted by molar-refractivity contribution is 5.47. The van der Waals surface area contributed by atoms with E-state index in [4.69, 9.17) is 0 Å². The highest BCUT2D eigenvalue weighted by atomic mass is 19.2. The number of aliphatic hydroxyl groups excluding tert-OH is 1. The number of halogens is 2. The number of benzene rings is 2. The van der Waals surface area contributed by atoms with E-state index in [2.05, 4.69) is 5.32 Å². The topological polar surface area (TPSA) is 32.3 Å². The molecule has 0 spiro atoms. The molecule has 0 amide bonds. The van der Waals surface area contributed by atoms with Crippen LogP contribution in [0.5, 0.6) is 0 Å². The van der Waals surface area contributed by atoms with Crippen molar-refractivity contribution < 1.29 is 13.9 Å². The van der Waals surface area contributed by atoms with Crippen molar-refractivity contribution in [1.29, 1.82) is 0 Å². The minimum atomic E-state index is -1.09. The van der Waals surface area contributed by atoms with Gasteiger partial charge in [-0.05, 0) is 25.1 Å². The molecule has 0 radical (unpaired) electrons. The summed E-state index contributed by atoms with van der Waals surface area (Å²) in [4.78, 5) is 0. The average Bonchev–Trinajstić information content (AvgIpc) is 2.43. The molecule has 0 aromatic heterocycles. The number of aliphatic hydroxyl groups is 1. The number of para-hydroxylation sites is 1. The molecule has 0 fully saturated rings. The first-order chi connectivity index (χ1) is 9.07. The van der Waals surface area contributed by atoms with Crippen molar-refractivity contribution in [2.24, 2.45) is 0 Å². The largest absolute Gasteiger partial charge is 0.394 e. The van der Waals surface area contributed by atoms with Crippen LogP contribution in [0, 0.1) is 11.6 Å². The zero-order valence-electron chi connectivity index (χ0n) is 10.5. The van der Waals surface area contributed by atoms with E-state index >= 15 is 0 Å². The predicted molar refractivity (Wildman–Crippen MR) is 70.9 cm³/mol. The van der Waals surface area contributed by atoms with E-state index in [-0.39, 0.29) is 12.2 Å². The molecule has 0 bridgehead atoms. The number of anilines is 1. The lowest BCUT2D eigenvalue weighted by Gasteiger charge is -2.31. The van der Waals surface area contributed by atoms with E-state index in [1.54, 1.807) is 19.1 Å². The number of nitrogens with one attached hydrogen (secondary N) is 1. The molecule has 0 aliphatic heterocycles. The first-order valence-electron chi connectivity index (χ1n) is 5.95. The van der Waals surface area contributed by atoms with Crippen LogP contribution in [0.25, 0.3) is 0 Å². The van der Waals surface area contributed by atoms with Gasteiger partial charge in [0.1, 0.15) is 0 Å². The van der Waals surface area contributed by atoms with E-state index in [9.17, 15) is 13.9 Å². The van der Waals surface area contributed by atoms with Crippen LogP contribution in [-0.4, -0.2) is 11.7 Å². The van der Waals surface area contributed by atoms with Crippen LogP contribution >= 0.6 is 0 Å². The van der Waals surface area contributed by atoms with Gasteiger partial charge >= 0.3 is 0 Å². The summed E-state index contributed by atoms with van der Waals surface area (Å²) in [6.45, 7) is 1.26. The van der Waals surface area contributed by atoms with Gasteiger partial charge in [0.05, 0.1) is 12.1 Å². The van der Waals surface area contributed by atoms with Crippen LogP contribution in [0.4, 0.5) is 14.5 Å². The molecule has 2 aromatic rings. The third-order valence-corrected chi connectivity index (χ3v) is 3.06. The van der Waals surface area contributed by atoms with Crippen molar-refractivity contribution in [1.82, 2.24) is 0 Å². The van der Waals surface area contributed by atoms with Crippen molar-refractivity contribution in [3.05, 3.63) is 65.7 Å². The Labute approximate surface area is 110 Å². The summed E-state index contributed by atoms with van der Waals surface area (Å²) in [6.07, 6.45) is 0. The van der Waals surface area contributed by atoms with Crippen molar-refractivity contribution in [3.63, 3.8) is 0 Å². The molecule has 2 nitrogen and oxygen atoms in total. The zero-order valence-corrected chi connectivity index (χ0v) is 10.5. The Morgan fingerprint density at radius 1 is 1.05 bits per heavy atom. The third kappa shape index (κ3) is 2.74. The molecular formula is C15H15F2NO. The van der Waals surface area contributed by atoms with Crippen molar-refractivity contribution in [2.75, 3.05) is 11.9 Å². The molecule has 2 aromatic carbocycles. The lowest BCUT2D eigenvalue weighted by Crippen LogP contribution is -2.37. The lowest BCUT2D eigenvalue weighted by atomic mass is 9.91. The molecule has 0 saturated heterocycles. The first kappa shape index (κ1) is 13.5. The van der Waals surface area contributed by atoms with E-state index in [0.29, 0.717) is 0 Å². The molecule has 1 atom stereocenters. The lowest BCUT2D eigenvalue weighted by molar-refractivity contribution is 0.219. The van der Waals surface area contributed by atoms with Gasteiger partial charge in [0.25, 0.3) is 0 Å². The van der Waals surface area contributed by atoms with Crippen LogP contribution in [-0.2, 0) is 5.54 Å². The summed E-state index contributed by atoms with van der Waals surface area (Å²) >= 11 is 0. The Morgan fingerprint density at radius 3 is 2.37 bits per heavy atom. The molecule has 100 valence electrons. The smallest absolute Gasteiger partial charge is 0.164 e. The molecule has 4 heteroatoms. The fourth-order valence-corrected chi connectivity index (χ4v) is 1.96. The zero-order chi connectivity index (χ0) is 13.9. The van der Waals surface area contributed by atoms with Crippen LogP contribution in [0.2, 0.25) is 0 Å². The fourth-order valence-electron chi connectivity index (χ4n) is 1.96.